The number of rotatable bonds is 15. The van der Waals surface area contributed by atoms with Crippen molar-refractivity contribution in [3.63, 3.8) is 0 Å². The van der Waals surface area contributed by atoms with E-state index in [1.165, 1.54) is 33.4 Å². The van der Waals surface area contributed by atoms with Crippen LogP contribution in [-0.4, -0.2) is 17.4 Å². The first kappa shape index (κ1) is 36.6. The molecule has 0 saturated heterocycles. The second-order valence-corrected chi connectivity index (χ2v) is 44.4. The third kappa shape index (κ3) is 6.30. The van der Waals surface area contributed by atoms with Crippen molar-refractivity contribution in [1.82, 2.24) is 10.5 Å². The number of amides is 2. The monoisotopic (exact) mass is 871 g/mol. The molecular formula is C42H46BCl2HfN2O2. The molecule has 2 aliphatic carbocycles. The number of unbranched alkanes of at least 4 members (excludes halogenated alkanes) is 2. The molecule has 0 bridgehead atoms. The van der Waals surface area contributed by atoms with Crippen LogP contribution in [-0.2, 0) is 25.5 Å². The number of fused-ring (bicyclic) bond motifs is 2. The molecular weight excluding hydrogens is 825 g/mol. The van der Waals surface area contributed by atoms with Crippen LogP contribution in [0.1, 0.15) is 93.1 Å². The summed E-state index contributed by atoms with van der Waals surface area (Å²) in [5.74, 6) is 0. The maximum atomic E-state index is 12.5. The third-order valence-corrected chi connectivity index (χ3v) is 39.6. The molecule has 2 aliphatic rings. The Bertz CT molecular complexity index is 1850. The first-order valence-corrected chi connectivity index (χ1v) is 33.1. The van der Waals surface area contributed by atoms with Crippen LogP contribution in [0.4, 0.5) is 0 Å². The van der Waals surface area contributed by atoms with Gasteiger partial charge >= 0.3 is 308 Å². The quantitative estimate of drug-likeness (QED) is 0.0924. The van der Waals surface area contributed by atoms with Crippen LogP contribution in [0, 0.1) is 13.8 Å². The number of hydrogen-bond donors (Lipinski definition) is 2. The van der Waals surface area contributed by atoms with Gasteiger partial charge < -0.3 is 0 Å². The predicted octanol–water partition coefficient (Wildman–Crippen LogP) is 11.1. The minimum absolute atomic E-state index is 0.353. The summed E-state index contributed by atoms with van der Waals surface area (Å²) >= 11 is -5.99. The van der Waals surface area contributed by atoms with E-state index < -0.39 is 20.5 Å². The van der Waals surface area contributed by atoms with Crippen molar-refractivity contribution in [3.05, 3.63) is 129 Å². The van der Waals surface area contributed by atoms with Gasteiger partial charge in [-0.25, -0.2) is 0 Å². The number of aryl methyl sites for hydroxylation is 2. The van der Waals surface area contributed by atoms with Crippen molar-refractivity contribution >= 4 is 46.7 Å². The summed E-state index contributed by atoms with van der Waals surface area (Å²) in [4.78, 5) is 25.0. The second kappa shape index (κ2) is 15.2. The molecule has 0 heterocycles. The summed E-state index contributed by atoms with van der Waals surface area (Å²) in [6.07, 6.45) is 11.5. The van der Waals surface area contributed by atoms with Crippen LogP contribution in [0.15, 0.2) is 96.1 Å². The van der Waals surface area contributed by atoms with E-state index in [1.807, 2.05) is 0 Å². The molecule has 0 radical (unpaired) electrons. The van der Waals surface area contributed by atoms with Crippen LogP contribution >= 0.6 is 17.2 Å². The van der Waals surface area contributed by atoms with Gasteiger partial charge in [0.15, 0.2) is 0 Å². The summed E-state index contributed by atoms with van der Waals surface area (Å²) < 4.78 is -1.63. The zero-order valence-electron chi connectivity index (χ0n) is 29.4. The molecule has 0 aliphatic heterocycles. The number of nitrogens with one attached hydrogen (secondary N) is 2. The average Bonchev–Trinajstić information content (AvgIpc) is 3.70. The van der Waals surface area contributed by atoms with Gasteiger partial charge in [0.05, 0.1) is 0 Å². The normalized spacial score (nSPS) is 17.1. The molecule has 6 rings (SSSR count). The van der Waals surface area contributed by atoms with Gasteiger partial charge in [0, 0.05) is 0 Å². The molecule has 0 aromatic heterocycles. The topological polar surface area (TPSA) is 58.2 Å². The van der Waals surface area contributed by atoms with E-state index >= 15 is 0 Å². The van der Waals surface area contributed by atoms with E-state index in [0.717, 1.165) is 71.9 Å². The van der Waals surface area contributed by atoms with E-state index in [4.69, 9.17) is 17.2 Å². The molecule has 2 atom stereocenters. The third-order valence-electron chi connectivity index (χ3n) is 10.9. The molecule has 2 unspecified atom stereocenters. The summed E-state index contributed by atoms with van der Waals surface area (Å²) in [5, 5.41) is 6.00. The van der Waals surface area contributed by atoms with Gasteiger partial charge in [0.1, 0.15) is 0 Å². The predicted molar refractivity (Wildman–Crippen MR) is 210 cm³/mol. The molecule has 8 heteroatoms. The van der Waals surface area contributed by atoms with Crippen LogP contribution in [0.2, 0.25) is 0 Å². The second-order valence-electron chi connectivity index (χ2n) is 14.0. The van der Waals surface area contributed by atoms with Gasteiger partial charge in [0.25, 0.3) is 0 Å². The molecule has 0 spiro atoms. The standard InChI is InChI=1S/2C20H21.C2H3BN2O2.2ClH.Hf/c2*1-3-4-9-16-13-17-10-7-12-19(20(17)14-16)18-11-6-5-8-15(18)2;6-1-4-3-5-2-7;;;/h2*5-8,10-14H,3-4,9H2,1-2H3;1-2H,(H-,4,5,6,7);2*1H;/q;;;;;+1/p-1. The SMILES string of the molecule is CCCCC1=Cc2c(-c3ccccc3C)cccc2[CH]1[Hf]([Cl])([Cl])([B](NC=O)NC=O)[CH]1C(CCCC)=Cc2c(-c3ccccc3C)cccc21. The van der Waals surface area contributed by atoms with Crippen LogP contribution in [0.3, 0.4) is 0 Å². The Balaban J connectivity index is 1.68. The van der Waals surface area contributed by atoms with E-state index in [9.17, 15) is 9.59 Å². The number of halogens is 2. The number of carbonyl (C=O) groups excluding carboxylic acids is 2. The molecule has 0 fully saturated rings. The van der Waals surface area contributed by atoms with Crippen molar-refractivity contribution in [2.75, 3.05) is 0 Å². The van der Waals surface area contributed by atoms with Crippen LogP contribution < -0.4 is 10.5 Å². The average molecular weight is 871 g/mol. The van der Waals surface area contributed by atoms with E-state index in [1.54, 1.807) is 0 Å². The molecule has 2 N–H and O–H groups in total. The molecule has 257 valence electrons. The molecule has 4 nitrogen and oxygen atoms in total. The Labute approximate surface area is 305 Å². The zero-order chi connectivity index (χ0) is 35.5. The Kier molecular flexibility index (Phi) is 11.1. The van der Waals surface area contributed by atoms with Crippen molar-refractivity contribution in [2.24, 2.45) is 0 Å². The van der Waals surface area contributed by atoms with E-state index in [0.29, 0.717) is 12.8 Å². The summed E-state index contributed by atoms with van der Waals surface area (Å²) in [7, 11) is 17.3. The fourth-order valence-corrected chi connectivity index (χ4v) is 38.3. The summed E-state index contributed by atoms with van der Waals surface area (Å²) in [5.41, 5.74) is 13.8. The van der Waals surface area contributed by atoms with Crippen molar-refractivity contribution in [3.8, 4) is 22.3 Å². The summed E-state index contributed by atoms with van der Waals surface area (Å²) in [6, 6.07) is 29.8. The van der Waals surface area contributed by atoms with Gasteiger partial charge in [-0.1, -0.05) is 0 Å². The van der Waals surface area contributed by atoms with E-state index in [2.05, 4.69) is 135 Å². The number of benzene rings is 4. The fraction of sp³-hybridized carbons (Fsp3) is 0.286. The number of allylic oxidation sites excluding steroid dienone is 2. The van der Waals surface area contributed by atoms with E-state index in [-0.39, 0.29) is 7.35 Å². The Morgan fingerprint density at radius 1 is 0.620 bits per heavy atom. The van der Waals surface area contributed by atoms with Crippen molar-refractivity contribution < 1.29 is 25.5 Å². The Morgan fingerprint density at radius 2 is 1.02 bits per heavy atom. The Morgan fingerprint density at radius 3 is 1.40 bits per heavy atom. The first-order chi connectivity index (χ1) is 24.2. The molecule has 0 saturated carbocycles. The molecule has 4 aromatic rings. The summed E-state index contributed by atoms with van der Waals surface area (Å²) in [6.45, 7) is 8.67. The number of hydrogen-bond acceptors (Lipinski definition) is 2. The molecule has 2 amide bonds. The van der Waals surface area contributed by atoms with Gasteiger partial charge in [-0.3, -0.25) is 0 Å². The minimum atomic E-state index is -5.99. The van der Waals surface area contributed by atoms with Gasteiger partial charge in [-0.05, 0) is 0 Å². The van der Waals surface area contributed by atoms with Crippen molar-refractivity contribution in [1.29, 1.82) is 0 Å². The van der Waals surface area contributed by atoms with Crippen molar-refractivity contribution in [2.45, 2.75) is 73.6 Å². The Hall–Kier alpha value is -3.18. The fourth-order valence-electron chi connectivity index (χ4n) is 8.65. The van der Waals surface area contributed by atoms with Gasteiger partial charge in [-0.15, -0.1) is 0 Å². The van der Waals surface area contributed by atoms with Crippen LogP contribution in [0.25, 0.3) is 34.4 Å². The maximum absolute atomic E-state index is 12.5. The van der Waals surface area contributed by atoms with Crippen LogP contribution in [0.5, 0.6) is 0 Å². The molecule has 4 aromatic carbocycles. The number of carbonyl (C=O) groups is 2. The van der Waals surface area contributed by atoms with Gasteiger partial charge in [-0.2, -0.15) is 0 Å². The van der Waals surface area contributed by atoms with Gasteiger partial charge in [0.2, 0.25) is 0 Å². The first-order valence-electron chi connectivity index (χ1n) is 17.9. The zero-order valence-corrected chi connectivity index (χ0v) is 34.5. The molecule has 50 heavy (non-hydrogen) atoms.